The molecule has 35 heavy (non-hydrogen) atoms. The highest BCUT2D eigenvalue weighted by Gasteiger charge is 2.48. The third-order valence-corrected chi connectivity index (χ3v) is 9.84. The van der Waals surface area contributed by atoms with Gasteiger partial charge in [-0.2, -0.15) is 0 Å². The zero-order chi connectivity index (χ0) is 24.0. The van der Waals surface area contributed by atoms with Crippen molar-refractivity contribution in [3.05, 3.63) is 58.7 Å². The Bertz CT molecular complexity index is 1270. The Morgan fingerprint density at radius 2 is 1.74 bits per heavy atom. The zero-order valence-electron chi connectivity index (χ0n) is 19.6. The quantitative estimate of drug-likeness (QED) is 0.648. The minimum absolute atomic E-state index is 0.114. The number of carbonyl (C=O) groups excluding carboxylic acids is 1. The van der Waals surface area contributed by atoms with Crippen LogP contribution >= 0.6 is 0 Å². The largest absolute Gasteiger partial charge is 0.478 e. The Morgan fingerprint density at radius 1 is 1.03 bits per heavy atom. The smallest absolute Gasteiger partial charge is 0.321 e. The summed E-state index contributed by atoms with van der Waals surface area (Å²) in [6.07, 6.45) is 5.81. The molecule has 8 nitrogen and oxygen atoms in total. The molecule has 0 atom stereocenters. The summed E-state index contributed by atoms with van der Waals surface area (Å²) in [4.78, 5) is 14.2. The van der Waals surface area contributed by atoms with Gasteiger partial charge in [-0.05, 0) is 42.3 Å². The number of fused-ring (bicyclic) bond motifs is 1. The minimum Gasteiger partial charge on any atom is -0.478 e. The summed E-state index contributed by atoms with van der Waals surface area (Å²) in [5.41, 5.74) is 9.77. The number of morpholine rings is 1. The number of carbonyl (C=O) groups is 1. The number of nitrogens with one attached hydrogen (secondary N) is 1. The van der Waals surface area contributed by atoms with E-state index in [0.29, 0.717) is 52.2 Å². The third-order valence-electron chi connectivity index (χ3n) is 7.44. The van der Waals surface area contributed by atoms with Gasteiger partial charge in [-0.25, -0.2) is 17.5 Å². The zero-order valence-corrected chi connectivity index (χ0v) is 20.4. The number of sulfonamides is 1. The maximum absolute atomic E-state index is 12.6. The summed E-state index contributed by atoms with van der Waals surface area (Å²) in [7, 11) is -3.13. The van der Waals surface area contributed by atoms with Crippen LogP contribution in [-0.4, -0.2) is 73.9 Å². The molecular formula is C26H29N3O5S. The normalized spacial score (nSPS) is 23.8. The average Bonchev–Trinajstić information content (AvgIpc) is 3.68. The topological polar surface area (TPSA) is 88.2 Å². The summed E-state index contributed by atoms with van der Waals surface area (Å²) in [5.74, 6) is 0.724. The van der Waals surface area contributed by atoms with Crippen LogP contribution in [0.3, 0.4) is 0 Å². The number of allylic oxidation sites excluding steroid dienone is 3. The molecule has 184 valence electrons. The van der Waals surface area contributed by atoms with Gasteiger partial charge in [0.05, 0.1) is 18.5 Å². The number of nitrogens with zero attached hydrogens (tertiary/aromatic N) is 2. The van der Waals surface area contributed by atoms with Crippen molar-refractivity contribution in [1.29, 1.82) is 0 Å². The fourth-order valence-corrected chi connectivity index (χ4v) is 7.01. The van der Waals surface area contributed by atoms with Gasteiger partial charge in [0.1, 0.15) is 5.60 Å². The van der Waals surface area contributed by atoms with Crippen LogP contribution in [0.1, 0.15) is 37.7 Å². The van der Waals surface area contributed by atoms with Crippen LogP contribution in [0.2, 0.25) is 0 Å². The molecular weight excluding hydrogens is 466 g/mol. The lowest BCUT2D eigenvalue weighted by Gasteiger charge is -2.37. The predicted octanol–water partition coefficient (Wildman–Crippen LogP) is 3.26. The van der Waals surface area contributed by atoms with Crippen LogP contribution in [0.5, 0.6) is 0 Å². The molecule has 2 amide bonds. The Hall–Kier alpha value is -2.80. The SMILES string of the molecule is O=C(Nc1ccc(C2=C=C=C3OC4(CCN(S(=O)(=O)C5CC5)CC4)CC3=C2)cc1)N1CCOCC1. The summed E-state index contributed by atoms with van der Waals surface area (Å²) >= 11 is 0. The first-order valence-corrected chi connectivity index (χ1v) is 13.8. The number of benzene rings is 1. The highest BCUT2D eigenvalue weighted by Crippen LogP contribution is 2.46. The number of anilines is 1. The maximum Gasteiger partial charge on any atom is 0.321 e. The first-order valence-electron chi connectivity index (χ1n) is 12.3. The van der Waals surface area contributed by atoms with E-state index in [1.165, 1.54) is 0 Å². The Kier molecular flexibility index (Phi) is 5.63. The van der Waals surface area contributed by atoms with Gasteiger partial charge in [0, 0.05) is 62.3 Å². The highest BCUT2D eigenvalue weighted by atomic mass is 32.2. The van der Waals surface area contributed by atoms with Crippen LogP contribution in [-0.2, 0) is 19.5 Å². The second kappa shape index (κ2) is 8.70. The highest BCUT2D eigenvalue weighted by molar-refractivity contribution is 7.90. The Morgan fingerprint density at radius 3 is 2.43 bits per heavy atom. The summed E-state index contributed by atoms with van der Waals surface area (Å²) < 4.78 is 38.4. The van der Waals surface area contributed by atoms with Crippen LogP contribution in [0.4, 0.5) is 10.5 Å². The van der Waals surface area contributed by atoms with Crippen LogP contribution in [0.25, 0.3) is 5.57 Å². The Balaban J connectivity index is 1.10. The lowest BCUT2D eigenvalue weighted by Crippen LogP contribution is -2.47. The van der Waals surface area contributed by atoms with Crippen LogP contribution < -0.4 is 5.32 Å². The van der Waals surface area contributed by atoms with E-state index in [1.807, 2.05) is 24.3 Å². The molecule has 3 aliphatic heterocycles. The first kappa shape index (κ1) is 22.7. The molecule has 2 aliphatic carbocycles. The molecule has 1 aromatic carbocycles. The molecule has 4 fully saturated rings. The number of piperidine rings is 1. The van der Waals surface area contributed by atoms with Crippen molar-refractivity contribution in [2.45, 2.75) is 43.0 Å². The average molecular weight is 496 g/mol. The predicted molar refractivity (Wildman–Crippen MR) is 131 cm³/mol. The second-order valence-corrected chi connectivity index (χ2v) is 12.1. The number of hydrogen-bond donors (Lipinski definition) is 1. The van der Waals surface area contributed by atoms with E-state index in [1.54, 1.807) is 9.21 Å². The molecule has 3 heterocycles. The molecule has 1 saturated carbocycles. The summed E-state index contributed by atoms with van der Waals surface area (Å²) in [6, 6.07) is 7.60. The molecule has 0 bridgehead atoms. The minimum atomic E-state index is -3.13. The fraction of sp³-hybridized carbons (Fsp3) is 0.500. The van der Waals surface area contributed by atoms with E-state index < -0.39 is 10.0 Å². The third kappa shape index (κ3) is 4.46. The van der Waals surface area contributed by atoms with Crippen molar-refractivity contribution >= 4 is 27.3 Å². The van der Waals surface area contributed by atoms with Crippen molar-refractivity contribution in [1.82, 2.24) is 9.21 Å². The van der Waals surface area contributed by atoms with E-state index >= 15 is 0 Å². The van der Waals surface area contributed by atoms with Crippen LogP contribution in [0, 0.1) is 0 Å². The molecule has 0 aromatic heterocycles. The number of ether oxygens (including phenoxy) is 2. The first-order chi connectivity index (χ1) is 16.9. The van der Waals surface area contributed by atoms with E-state index in [2.05, 4.69) is 22.9 Å². The van der Waals surface area contributed by atoms with Gasteiger partial charge in [0.2, 0.25) is 10.0 Å². The summed E-state index contributed by atoms with van der Waals surface area (Å²) in [6.45, 7) is 3.37. The van der Waals surface area contributed by atoms with Crippen molar-refractivity contribution < 1.29 is 22.7 Å². The van der Waals surface area contributed by atoms with Crippen molar-refractivity contribution in [3.63, 3.8) is 0 Å². The van der Waals surface area contributed by atoms with E-state index in [9.17, 15) is 13.2 Å². The number of hydrogen-bond acceptors (Lipinski definition) is 5. The van der Waals surface area contributed by atoms with Crippen molar-refractivity contribution in [2.75, 3.05) is 44.7 Å². The standard InChI is InChI=1S/C26H29N3O5S/c30-25(28-13-15-33-16-14-28)27-22-4-1-19(2-5-22)20-3-8-24-21(17-20)18-26(34-24)9-11-29(12-10-26)35(31,32)23-6-7-23/h1-2,4-5,17,23H,6-7,9-16,18H2,(H,27,30). The molecule has 1 N–H and O–H groups in total. The lowest BCUT2D eigenvalue weighted by atomic mass is 9.87. The van der Waals surface area contributed by atoms with Gasteiger partial charge in [-0.3, -0.25) is 0 Å². The molecule has 1 spiro atoms. The summed E-state index contributed by atoms with van der Waals surface area (Å²) in [5, 5.41) is 2.78. The van der Waals surface area contributed by atoms with Gasteiger partial charge >= 0.3 is 6.03 Å². The molecule has 0 radical (unpaired) electrons. The lowest BCUT2D eigenvalue weighted by molar-refractivity contribution is -0.00242. The van der Waals surface area contributed by atoms with Crippen molar-refractivity contribution in [2.24, 2.45) is 0 Å². The molecule has 6 rings (SSSR count). The molecule has 3 saturated heterocycles. The van der Waals surface area contributed by atoms with Gasteiger partial charge in [-0.15, -0.1) is 0 Å². The van der Waals surface area contributed by atoms with Crippen LogP contribution in [0.15, 0.2) is 53.1 Å². The Labute approximate surface area is 205 Å². The number of rotatable bonds is 4. The number of amides is 2. The van der Waals surface area contributed by atoms with Gasteiger partial charge in [0.15, 0.2) is 5.76 Å². The molecule has 5 aliphatic rings. The molecule has 1 aromatic rings. The maximum atomic E-state index is 12.6. The molecule has 9 heteroatoms. The fourth-order valence-electron chi connectivity index (χ4n) is 5.16. The number of urea groups is 1. The van der Waals surface area contributed by atoms with Gasteiger partial charge in [0.25, 0.3) is 0 Å². The van der Waals surface area contributed by atoms with Crippen molar-refractivity contribution in [3.8, 4) is 0 Å². The van der Waals surface area contributed by atoms with E-state index in [-0.39, 0.29) is 16.9 Å². The van der Waals surface area contributed by atoms with E-state index in [0.717, 1.165) is 47.4 Å². The molecule has 0 unspecified atom stereocenters. The van der Waals surface area contributed by atoms with Gasteiger partial charge < -0.3 is 19.7 Å². The van der Waals surface area contributed by atoms with Gasteiger partial charge in [-0.1, -0.05) is 17.9 Å². The monoisotopic (exact) mass is 495 g/mol. The second-order valence-electron chi connectivity index (χ2n) is 9.87. The van der Waals surface area contributed by atoms with E-state index in [4.69, 9.17) is 9.47 Å².